The summed E-state index contributed by atoms with van der Waals surface area (Å²) < 4.78 is 7.34. The van der Waals surface area contributed by atoms with Crippen LogP contribution in [0.3, 0.4) is 0 Å². The Labute approximate surface area is 118 Å². The molecule has 7 heteroatoms. The molecule has 0 aliphatic carbocycles. The summed E-state index contributed by atoms with van der Waals surface area (Å²) >= 11 is 0. The topological polar surface area (TPSA) is 82.2 Å². The maximum atomic E-state index is 11.2. The van der Waals surface area contributed by atoms with Gasteiger partial charge in [0.25, 0.3) is 5.88 Å². The SMILES string of the molecule is Cc1nn(C(C)C)c(OCC2CCCCN2)c1[N+](=O)[O-]. The molecule has 7 nitrogen and oxygen atoms in total. The lowest BCUT2D eigenvalue weighted by Crippen LogP contribution is -2.38. The van der Waals surface area contributed by atoms with Gasteiger partial charge in [-0.05, 0) is 40.2 Å². The number of ether oxygens (including phenoxy) is 1. The van der Waals surface area contributed by atoms with Gasteiger partial charge in [0, 0.05) is 6.04 Å². The van der Waals surface area contributed by atoms with Crippen molar-refractivity contribution in [1.82, 2.24) is 15.1 Å². The van der Waals surface area contributed by atoms with Gasteiger partial charge >= 0.3 is 5.69 Å². The summed E-state index contributed by atoms with van der Waals surface area (Å²) in [6.45, 7) is 6.93. The van der Waals surface area contributed by atoms with Crippen LogP contribution in [0.25, 0.3) is 0 Å². The standard InChI is InChI=1S/C13H22N4O3/c1-9(2)16-13(12(17(18)19)10(3)15-16)20-8-11-6-4-5-7-14-11/h9,11,14H,4-8H2,1-3H3. The molecule has 20 heavy (non-hydrogen) atoms. The number of piperidine rings is 1. The van der Waals surface area contributed by atoms with E-state index in [9.17, 15) is 10.1 Å². The van der Waals surface area contributed by atoms with Crippen molar-refractivity contribution in [3.63, 3.8) is 0 Å². The van der Waals surface area contributed by atoms with Gasteiger partial charge in [-0.2, -0.15) is 5.10 Å². The number of nitro groups is 1. The van der Waals surface area contributed by atoms with Crippen LogP contribution in [0.2, 0.25) is 0 Å². The average Bonchev–Trinajstić information content (AvgIpc) is 2.74. The van der Waals surface area contributed by atoms with E-state index in [1.54, 1.807) is 11.6 Å². The molecule has 1 fully saturated rings. The Morgan fingerprint density at radius 3 is 2.85 bits per heavy atom. The minimum Gasteiger partial charge on any atom is -0.471 e. The van der Waals surface area contributed by atoms with Gasteiger partial charge in [0.2, 0.25) is 0 Å². The molecule has 1 unspecified atom stereocenters. The second-order valence-electron chi connectivity index (χ2n) is 5.49. The van der Waals surface area contributed by atoms with E-state index in [1.807, 2.05) is 13.8 Å². The molecule has 1 saturated heterocycles. The minimum atomic E-state index is -0.412. The van der Waals surface area contributed by atoms with Crippen molar-refractivity contribution in [2.24, 2.45) is 0 Å². The summed E-state index contributed by atoms with van der Waals surface area (Å²) in [5.74, 6) is 0.273. The van der Waals surface area contributed by atoms with Crippen LogP contribution < -0.4 is 10.1 Å². The molecule has 0 radical (unpaired) electrons. The maximum absolute atomic E-state index is 11.2. The lowest BCUT2D eigenvalue weighted by Gasteiger charge is -2.23. The number of hydrogen-bond donors (Lipinski definition) is 1. The zero-order chi connectivity index (χ0) is 14.7. The van der Waals surface area contributed by atoms with Gasteiger partial charge in [-0.15, -0.1) is 0 Å². The van der Waals surface area contributed by atoms with Gasteiger partial charge in [-0.3, -0.25) is 10.1 Å². The number of aromatic nitrogens is 2. The van der Waals surface area contributed by atoms with Gasteiger partial charge in [0.1, 0.15) is 12.3 Å². The summed E-state index contributed by atoms with van der Waals surface area (Å²) in [7, 11) is 0. The third-order valence-electron chi connectivity index (χ3n) is 3.52. The number of nitrogens with one attached hydrogen (secondary N) is 1. The predicted molar refractivity (Wildman–Crippen MR) is 75.1 cm³/mol. The number of aryl methyl sites for hydroxylation is 1. The van der Waals surface area contributed by atoms with Crippen molar-refractivity contribution < 1.29 is 9.66 Å². The van der Waals surface area contributed by atoms with E-state index in [1.165, 1.54) is 12.8 Å². The Morgan fingerprint density at radius 1 is 1.55 bits per heavy atom. The number of hydrogen-bond acceptors (Lipinski definition) is 5. The molecule has 1 aliphatic rings. The molecule has 1 atom stereocenters. The molecule has 2 rings (SSSR count). The van der Waals surface area contributed by atoms with E-state index in [-0.39, 0.29) is 23.7 Å². The zero-order valence-corrected chi connectivity index (χ0v) is 12.3. The Bertz CT molecular complexity index is 478. The number of nitrogens with zero attached hydrogens (tertiary/aromatic N) is 3. The van der Waals surface area contributed by atoms with E-state index >= 15 is 0 Å². The third kappa shape index (κ3) is 3.09. The Balaban J connectivity index is 2.17. The number of rotatable bonds is 5. The molecular formula is C13H22N4O3. The first kappa shape index (κ1) is 14.8. The van der Waals surface area contributed by atoms with Crippen LogP contribution in [0.1, 0.15) is 44.8 Å². The van der Waals surface area contributed by atoms with E-state index in [0.717, 1.165) is 13.0 Å². The van der Waals surface area contributed by atoms with Gasteiger partial charge in [-0.1, -0.05) is 6.42 Å². The third-order valence-corrected chi connectivity index (χ3v) is 3.52. The first-order valence-corrected chi connectivity index (χ1v) is 7.10. The molecule has 112 valence electrons. The molecule has 0 saturated carbocycles. The van der Waals surface area contributed by atoms with Crippen LogP contribution in [0.5, 0.6) is 5.88 Å². The van der Waals surface area contributed by atoms with E-state index < -0.39 is 4.92 Å². The highest BCUT2D eigenvalue weighted by Gasteiger charge is 2.29. The molecule has 2 heterocycles. The molecule has 0 aromatic carbocycles. The van der Waals surface area contributed by atoms with Crippen molar-refractivity contribution in [3.05, 3.63) is 15.8 Å². The molecule has 0 spiro atoms. The first-order valence-electron chi connectivity index (χ1n) is 7.10. The van der Waals surface area contributed by atoms with Crippen LogP contribution in [-0.2, 0) is 0 Å². The lowest BCUT2D eigenvalue weighted by molar-refractivity contribution is -0.386. The summed E-state index contributed by atoms with van der Waals surface area (Å²) in [6, 6.07) is 0.288. The quantitative estimate of drug-likeness (QED) is 0.661. The Morgan fingerprint density at radius 2 is 2.30 bits per heavy atom. The Kier molecular flexibility index (Phi) is 4.59. The van der Waals surface area contributed by atoms with E-state index in [4.69, 9.17) is 4.74 Å². The molecule has 0 bridgehead atoms. The van der Waals surface area contributed by atoms with Crippen LogP contribution in [0, 0.1) is 17.0 Å². The average molecular weight is 282 g/mol. The van der Waals surface area contributed by atoms with Gasteiger partial charge in [0.05, 0.1) is 11.0 Å². The summed E-state index contributed by atoms with van der Waals surface area (Å²) in [5.41, 5.74) is 0.379. The molecule has 1 aromatic heterocycles. The van der Waals surface area contributed by atoms with Crippen molar-refractivity contribution in [2.75, 3.05) is 13.2 Å². The molecular weight excluding hydrogens is 260 g/mol. The summed E-state index contributed by atoms with van der Waals surface area (Å²) in [5, 5.41) is 18.8. The van der Waals surface area contributed by atoms with Gasteiger partial charge in [-0.25, -0.2) is 4.68 Å². The van der Waals surface area contributed by atoms with Gasteiger partial charge in [0.15, 0.2) is 0 Å². The van der Waals surface area contributed by atoms with Crippen LogP contribution in [0.4, 0.5) is 5.69 Å². The van der Waals surface area contributed by atoms with Crippen molar-refractivity contribution in [1.29, 1.82) is 0 Å². The summed E-state index contributed by atoms with van der Waals surface area (Å²) in [6.07, 6.45) is 3.40. The second kappa shape index (κ2) is 6.21. The highest BCUT2D eigenvalue weighted by Crippen LogP contribution is 2.33. The van der Waals surface area contributed by atoms with Gasteiger partial charge < -0.3 is 10.1 Å². The molecule has 1 aromatic rings. The monoisotopic (exact) mass is 282 g/mol. The van der Waals surface area contributed by atoms with Crippen LogP contribution in [0.15, 0.2) is 0 Å². The second-order valence-corrected chi connectivity index (χ2v) is 5.49. The van der Waals surface area contributed by atoms with Crippen molar-refractivity contribution in [3.8, 4) is 5.88 Å². The van der Waals surface area contributed by atoms with E-state index in [2.05, 4.69) is 10.4 Å². The normalized spacial score (nSPS) is 19.3. The van der Waals surface area contributed by atoms with Crippen molar-refractivity contribution >= 4 is 5.69 Å². The zero-order valence-electron chi connectivity index (χ0n) is 12.3. The van der Waals surface area contributed by atoms with Crippen molar-refractivity contribution in [2.45, 2.75) is 52.1 Å². The fraction of sp³-hybridized carbons (Fsp3) is 0.769. The fourth-order valence-electron chi connectivity index (χ4n) is 2.46. The van der Waals surface area contributed by atoms with E-state index in [0.29, 0.717) is 12.3 Å². The first-order chi connectivity index (χ1) is 9.50. The Hall–Kier alpha value is -1.63. The maximum Gasteiger partial charge on any atom is 0.353 e. The fourth-order valence-corrected chi connectivity index (χ4v) is 2.46. The highest BCUT2D eigenvalue weighted by atomic mass is 16.6. The summed E-state index contributed by atoms with van der Waals surface area (Å²) in [4.78, 5) is 10.8. The minimum absolute atomic E-state index is 0.0190. The largest absolute Gasteiger partial charge is 0.471 e. The lowest BCUT2D eigenvalue weighted by atomic mass is 10.1. The molecule has 0 amide bonds. The van der Waals surface area contributed by atoms with Crippen LogP contribution in [-0.4, -0.2) is 33.9 Å². The smallest absolute Gasteiger partial charge is 0.353 e. The molecule has 1 aliphatic heterocycles. The predicted octanol–water partition coefficient (Wildman–Crippen LogP) is 2.20. The highest BCUT2D eigenvalue weighted by molar-refractivity contribution is 5.46. The molecule has 1 N–H and O–H groups in total. The van der Waals surface area contributed by atoms with Crippen LogP contribution >= 0.6 is 0 Å².